The first kappa shape index (κ1) is 19.6. The van der Waals surface area contributed by atoms with E-state index in [0.717, 1.165) is 25.2 Å². The van der Waals surface area contributed by atoms with Gasteiger partial charge >= 0.3 is 0 Å². The van der Waals surface area contributed by atoms with Crippen molar-refractivity contribution in [3.05, 3.63) is 29.8 Å². The summed E-state index contributed by atoms with van der Waals surface area (Å²) in [7, 11) is 4.03. The van der Waals surface area contributed by atoms with Crippen molar-refractivity contribution in [2.45, 2.75) is 0 Å². The minimum Gasteiger partial charge on any atom is -0.491 e. The summed E-state index contributed by atoms with van der Waals surface area (Å²) in [4.78, 5) is 12.6. The van der Waals surface area contributed by atoms with Crippen molar-refractivity contribution in [1.82, 2.24) is 4.90 Å². The van der Waals surface area contributed by atoms with Crippen molar-refractivity contribution in [2.75, 3.05) is 66.9 Å². The maximum absolute atomic E-state index is 10.5. The van der Waals surface area contributed by atoms with Gasteiger partial charge in [-0.1, -0.05) is 0 Å². The average Bonchev–Trinajstić information content (AvgIpc) is 2.56. The second-order valence-corrected chi connectivity index (χ2v) is 5.18. The number of nitrogens with zero attached hydrogens (tertiary/aromatic N) is 1. The molecule has 0 aliphatic heterocycles. The number of likely N-dealkylation sites (N-methyl/N-ethyl adjacent to an activating group) is 1. The second-order valence-electron chi connectivity index (χ2n) is 5.18. The van der Waals surface area contributed by atoms with E-state index in [9.17, 15) is 4.79 Å². The number of hydrogen-bond donors (Lipinski definition) is 0. The van der Waals surface area contributed by atoms with Crippen LogP contribution in [0.3, 0.4) is 0 Å². The number of carbonyl (C=O) groups excluding carboxylic acids is 1. The van der Waals surface area contributed by atoms with Crippen molar-refractivity contribution in [1.29, 1.82) is 0 Å². The summed E-state index contributed by atoms with van der Waals surface area (Å²) in [6.45, 7) is 4.87. The molecule has 0 atom stereocenters. The first-order valence-electron chi connectivity index (χ1n) is 7.78. The third-order valence-electron chi connectivity index (χ3n) is 2.94. The van der Waals surface area contributed by atoms with Gasteiger partial charge in [-0.2, -0.15) is 0 Å². The molecule has 0 aliphatic carbocycles. The van der Waals surface area contributed by atoms with Crippen LogP contribution in [0.5, 0.6) is 5.75 Å². The minimum atomic E-state index is 0.466. The van der Waals surface area contributed by atoms with Gasteiger partial charge in [0.2, 0.25) is 0 Å². The Hall–Kier alpha value is -1.47. The highest BCUT2D eigenvalue weighted by atomic mass is 16.6. The molecular weight excluding hydrogens is 298 g/mol. The lowest BCUT2D eigenvalue weighted by atomic mass is 10.2. The fourth-order valence-electron chi connectivity index (χ4n) is 1.65. The molecule has 0 amide bonds. The van der Waals surface area contributed by atoms with Crippen LogP contribution in [0.4, 0.5) is 0 Å². The molecule has 0 N–H and O–H groups in total. The molecule has 0 aromatic heterocycles. The maximum atomic E-state index is 10.5. The Labute approximate surface area is 138 Å². The van der Waals surface area contributed by atoms with Gasteiger partial charge in [0.25, 0.3) is 0 Å². The molecule has 1 aromatic carbocycles. The highest BCUT2D eigenvalue weighted by molar-refractivity contribution is 5.74. The van der Waals surface area contributed by atoms with Gasteiger partial charge in [0.05, 0.1) is 39.6 Å². The van der Waals surface area contributed by atoms with Crippen molar-refractivity contribution in [2.24, 2.45) is 0 Å². The summed E-state index contributed by atoms with van der Waals surface area (Å²) < 4.78 is 21.7. The SMILES string of the molecule is CN(C)CCOCCOCCOCCOc1ccc(C=O)cc1. The molecule has 6 nitrogen and oxygen atoms in total. The number of rotatable bonds is 14. The first-order valence-corrected chi connectivity index (χ1v) is 7.78. The van der Waals surface area contributed by atoms with E-state index in [1.54, 1.807) is 24.3 Å². The number of ether oxygens (including phenoxy) is 4. The summed E-state index contributed by atoms with van der Waals surface area (Å²) >= 11 is 0. The zero-order chi connectivity index (χ0) is 16.8. The number of carbonyl (C=O) groups is 1. The van der Waals surface area contributed by atoms with E-state index in [2.05, 4.69) is 4.90 Å². The highest BCUT2D eigenvalue weighted by Gasteiger charge is 1.96. The third kappa shape index (κ3) is 10.8. The van der Waals surface area contributed by atoms with E-state index in [-0.39, 0.29) is 0 Å². The quantitative estimate of drug-likeness (QED) is 0.381. The van der Waals surface area contributed by atoms with Crippen LogP contribution in [0.2, 0.25) is 0 Å². The predicted molar refractivity (Wildman–Crippen MR) is 88.3 cm³/mol. The van der Waals surface area contributed by atoms with Crippen LogP contribution in [0.1, 0.15) is 10.4 Å². The van der Waals surface area contributed by atoms with Crippen LogP contribution < -0.4 is 4.74 Å². The number of hydrogen-bond acceptors (Lipinski definition) is 6. The Morgan fingerprint density at radius 1 is 0.826 bits per heavy atom. The van der Waals surface area contributed by atoms with Gasteiger partial charge in [-0.05, 0) is 38.4 Å². The van der Waals surface area contributed by atoms with Gasteiger partial charge in [0.1, 0.15) is 18.6 Å². The van der Waals surface area contributed by atoms with Gasteiger partial charge < -0.3 is 23.8 Å². The number of aldehydes is 1. The fourth-order valence-corrected chi connectivity index (χ4v) is 1.65. The Morgan fingerprint density at radius 3 is 1.87 bits per heavy atom. The molecular formula is C17H27NO5. The standard InChI is InChI=1S/C17H27NO5/c1-18(2)7-8-20-9-10-21-11-12-22-13-14-23-17-5-3-16(15-19)4-6-17/h3-6,15H,7-14H2,1-2H3. The number of benzene rings is 1. The van der Waals surface area contributed by atoms with E-state index >= 15 is 0 Å². The first-order chi connectivity index (χ1) is 11.2. The van der Waals surface area contributed by atoms with Gasteiger partial charge in [-0.15, -0.1) is 0 Å². The van der Waals surface area contributed by atoms with Gasteiger partial charge in [0.15, 0.2) is 0 Å². The molecule has 0 fully saturated rings. The minimum absolute atomic E-state index is 0.466. The van der Waals surface area contributed by atoms with Crippen molar-refractivity contribution in [3.63, 3.8) is 0 Å². The largest absolute Gasteiger partial charge is 0.491 e. The average molecular weight is 325 g/mol. The summed E-state index contributed by atoms with van der Waals surface area (Å²) in [6.07, 6.45) is 0.806. The Morgan fingerprint density at radius 2 is 1.35 bits per heavy atom. The van der Waals surface area contributed by atoms with E-state index in [0.29, 0.717) is 45.2 Å². The van der Waals surface area contributed by atoms with Crippen molar-refractivity contribution < 1.29 is 23.7 Å². The molecule has 0 heterocycles. The van der Waals surface area contributed by atoms with Crippen molar-refractivity contribution in [3.8, 4) is 5.75 Å². The van der Waals surface area contributed by atoms with E-state index < -0.39 is 0 Å². The molecule has 23 heavy (non-hydrogen) atoms. The normalized spacial score (nSPS) is 10.9. The van der Waals surface area contributed by atoms with Crippen LogP contribution in [0.25, 0.3) is 0 Å². The molecule has 1 rings (SSSR count). The topological polar surface area (TPSA) is 57.2 Å². The van der Waals surface area contributed by atoms with E-state index in [4.69, 9.17) is 18.9 Å². The molecule has 0 saturated heterocycles. The lowest BCUT2D eigenvalue weighted by Crippen LogP contribution is -2.19. The summed E-state index contributed by atoms with van der Waals surface area (Å²) in [5, 5.41) is 0. The van der Waals surface area contributed by atoms with Crippen LogP contribution in [-0.4, -0.2) is 78.1 Å². The molecule has 0 radical (unpaired) electrons. The maximum Gasteiger partial charge on any atom is 0.150 e. The van der Waals surface area contributed by atoms with Crippen LogP contribution in [-0.2, 0) is 14.2 Å². The molecule has 0 spiro atoms. The third-order valence-corrected chi connectivity index (χ3v) is 2.94. The zero-order valence-electron chi connectivity index (χ0n) is 14.0. The van der Waals surface area contributed by atoms with E-state index in [1.165, 1.54) is 0 Å². The predicted octanol–water partition coefficient (Wildman–Crippen LogP) is 1.49. The summed E-state index contributed by atoms with van der Waals surface area (Å²) in [5.74, 6) is 0.727. The lowest BCUT2D eigenvalue weighted by molar-refractivity contribution is 0.00753. The van der Waals surface area contributed by atoms with Crippen LogP contribution in [0, 0.1) is 0 Å². The van der Waals surface area contributed by atoms with Gasteiger partial charge in [-0.25, -0.2) is 0 Å². The van der Waals surface area contributed by atoms with Crippen LogP contribution in [0.15, 0.2) is 24.3 Å². The molecule has 130 valence electrons. The van der Waals surface area contributed by atoms with Gasteiger partial charge in [-0.3, -0.25) is 4.79 Å². The fraction of sp³-hybridized carbons (Fsp3) is 0.588. The monoisotopic (exact) mass is 325 g/mol. The van der Waals surface area contributed by atoms with Crippen molar-refractivity contribution >= 4 is 6.29 Å². The summed E-state index contributed by atoms with van der Waals surface area (Å²) in [5.41, 5.74) is 0.636. The smallest absolute Gasteiger partial charge is 0.150 e. The molecule has 0 aliphatic rings. The molecule has 6 heteroatoms. The zero-order valence-corrected chi connectivity index (χ0v) is 14.0. The Kier molecular flexibility index (Phi) is 11.1. The molecule has 1 aromatic rings. The van der Waals surface area contributed by atoms with Crippen LogP contribution >= 0.6 is 0 Å². The highest BCUT2D eigenvalue weighted by Crippen LogP contribution is 2.10. The lowest BCUT2D eigenvalue weighted by Gasteiger charge is -2.10. The Balaban J connectivity index is 1.85. The summed E-state index contributed by atoms with van der Waals surface area (Å²) in [6, 6.07) is 6.97. The molecule has 0 unspecified atom stereocenters. The van der Waals surface area contributed by atoms with E-state index in [1.807, 2.05) is 14.1 Å². The molecule has 0 saturated carbocycles. The second kappa shape index (κ2) is 13.0. The Bertz CT molecular complexity index is 408. The van der Waals surface area contributed by atoms with Gasteiger partial charge in [0, 0.05) is 12.1 Å². The molecule has 0 bridgehead atoms.